The Bertz CT molecular complexity index is 1620. The molecule has 21 heteroatoms. The van der Waals surface area contributed by atoms with Gasteiger partial charge in [-0.05, 0) is 0 Å². The lowest BCUT2D eigenvalue weighted by molar-refractivity contribution is -0.0571. The Labute approximate surface area is 225 Å². The van der Waals surface area contributed by atoms with Crippen molar-refractivity contribution in [2.45, 2.75) is 49.1 Å². The van der Waals surface area contributed by atoms with Crippen LogP contribution in [0.5, 0.6) is 12.0 Å². The summed E-state index contributed by atoms with van der Waals surface area (Å²) in [5.74, 6) is -0.682. The highest BCUT2D eigenvalue weighted by Crippen LogP contribution is 2.39. The molecule has 6 rings (SSSR count). The number of aromatic nitrogens is 8. The van der Waals surface area contributed by atoms with Gasteiger partial charge in [0.1, 0.15) is 36.6 Å². The number of anilines is 2. The van der Waals surface area contributed by atoms with E-state index in [1.54, 1.807) is 0 Å². The van der Waals surface area contributed by atoms with Gasteiger partial charge in [0, 0.05) is 0 Å². The number of nitrogens with two attached hydrogens (primary N) is 2. The second-order valence-corrected chi connectivity index (χ2v) is 9.34. The van der Waals surface area contributed by atoms with Crippen LogP contribution >= 0.6 is 0 Å². The Morgan fingerprint density at radius 1 is 0.707 bits per heavy atom. The molecule has 0 aliphatic carbocycles. The molecule has 0 spiro atoms. The van der Waals surface area contributed by atoms with Crippen LogP contribution in [-0.4, -0.2) is 120 Å². The summed E-state index contributed by atoms with van der Waals surface area (Å²) in [6.07, 6.45) is -12.0. The Balaban J connectivity index is 1.56. The molecular weight excluding hydrogens is 556 g/mol. The molecule has 0 amide bonds. The van der Waals surface area contributed by atoms with Crippen LogP contribution < -0.4 is 27.3 Å². The first kappa shape index (κ1) is 27.0. The number of hydrogen-bond donors (Lipinski definition) is 10. The number of ether oxygens (including phenoxy) is 3. The predicted molar refractivity (Wildman–Crippen MR) is 131 cm³/mol. The highest BCUT2D eigenvalue weighted by molar-refractivity contribution is 5.74. The number of fused-ring (bicyclic) bond motifs is 2. The maximum atomic E-state index is 12.7. The van der Waals surface area contributed by atoms with Crippen molar-refractivity contribution in [1.82, 2.24) is 39.0 Å². The van der Waals surface area contributed by atoms with Crippen LogP contribution in [0.4, 0.5) is 11.9 Å². The molecule has 41 heavy (non-hydrogen) atoms. The Morgan fingerprint density at radius 2 is 1.10 bits per heavy atom. The minimum atomic E-state index is -1.68. The molecule has 4 aromatic rings. The van der Waals surface area contributed by atoms with Crippen LogP contribution in [0.15, 0.2) is 9.59 Å². The fraction of sp³-hybridized carbons (Fsp3) is 0.500. The van der Waals surface area contributed by atoms with Gasteiger partial charge in [-0.3, -0.25) is 19.6 Å². The molecule has 0 aromatic carbocycles. The predicted octanol–water partition coefficient (Wildman–Crippen LogP) is -5.27. The normalized spacial score (nSPS) is 30.1. The Kier molecular flexibility index (Phi) is 6.39. The fourth-order valence-corrected chi connectivity index (χ4v) is 4.83. The Hall–Kier alpha value is -4.22. The number of H-pyrrole nitrogens is 2. The summed E-state index contributed by atoms with van der Waals surface area (Å²) >= 11 is 0. The minimum absolute atomic E-state index is 0.258. The number of nitrogens with one attached hydrogen (secondary N) is 2. The highest BCUT2D eigenvalue weighted by atomic mass is 16.6. The number of aliphatic hydroxyl groups is 6. The molecular formula is C20H24N10O11. The molecule has 21 nitrogen and oxygen atoms in total. The van der Waals surface area contributed by atoms with Gasteiger partial charge in [-0.2, -0.15) is 19.9 Å². The van der Waals surface area contributed by atoms with Crippen molar-refractivity contribution in [1.29, 1.82) is 0 Å². The summed E-state index contributed by atoms with van der Waals surface area (Å²) in [6, 6.07) is -1.07. The van der Waals surface area contributed by atoms with E-state index in [-0.39, 0.29) is 34.2 Å². The van der Waals surface area contributed by atoms with Gasteiger partial charge in [0.25, 0.3) is 11.1 Å². The average molecular weight is 580 g/mol. The van der Waals surface area contributed by atoms with E-state index in [0.29, 0.717) is 0 Å². The van der Waals surface area contributed by atoms with Crippen LogP contribution in [-0.2, 0) is 9.47 Å². The van der Waals surface area contributed by atoms with Gasteiger partial charge in [-0.25, -0.2) is 9.13 Å². The monoisotopic (exact) mass is 580 g/mol. The summed E-state index contributed by atoms with van der Waals surface area (Å²) in [7, 11) is 0. The van der Waals surface area contributed by atoms with E-state index < -0.39 is 85.4 Å². The van der Waals surface area contributed by atoms with Crippen LogP contribution in [0.25, 0.3) is 22.3 Å². The molecule has 6 heterocycles. The van der Waals surface area contributed by atoms with Gasteiger partial charge in [0.15, 0.2) is 34.8 Å². The molecule has 8 atom stereocenters. The molecule has 220 valence electrons. The van der Waals surface area contributed by atoms with E-state index in [1.165, 1.54) is 0 Å². The lowest BCUT2D eigenvalue weighted by Crippen LogP contribution is -2.33. The van der Waals surface area contributed by atoms with E-state index in [4.69, 9.17) is 25.7 Å². The summed E-state index contributed by atoms with van der Waals surface area (Å²) < 4.78 is 19.0. The Morgan fingerprint density at radius 3 is 1.44 bits per heavy atom. The maximum Gasteiger partial charge on any atom is 0.309 e. The lowest BCUT2D eigenvalue weighted by atomic mass is 10.1. The van der Waals surface area contributed by atoms with Gasteiger partial charge in [0.05, 0.1) is 13.2 Å². The average Bonchev–Trinajstić information content (AvgIpc) is 3.62. The van der Waals surface area contributed by atoms with Crippen molar-refractivity contribution in [3.63, 3.8) is 0 Å². The van der Waals surface area contributed by atoms with Crippen molar-refractivity contribution < 1.29 is 44.8 Å². The molecule has 12 N–H and O–H groups in total. The second kappa shape index (κ2) is 9.71. The van der Waals surface area contributed by atoms with Crippen molar-refractivity contribution in [3.8, 4) is 12.0 Å². The topological polar surface area (TPSA) is 328 Å². The van der Waals surface area contributed by atoms with Gasteiger partial charge < -0.3 is 56.3 Å². The van der Waals surface area contributed by atoms with Crippen LogP contribution in [0.3, 0.4) is 0 Å². The zero-order valence-electron chi connectivity index (χ0n) is 20.6. The van der Waals surface area contributed by atoms with Gasteiger partial charge >= 0.3 is 12.0 Å². The zero-order valence-corrected chi connectivity index (χ0v) is 20.6. The van der Waals surface area contributed by atoms with Gasteiger partial charge in [-0.15, -0.1) is 0 Å². The van der Waals surface area contributed by atoms with E-state index in [0.717, 1.165) is 9.13 Å². The smallest absolute Gasteiger partial charge is 0.309 e. The van der Waals surface area contributed by atoms with E-state index >= 15 is 0 Å². The number of nitrogen functional groups attached to an aromatic ring is 2. The van der Waals surface area contributed by atoms with E-state index in [2.05, 4.69) is 29.9 Å². The molecule has 2 aliphatic rings. The second-order valence-electron chi connectivity index (χ2n) is 9.34. The number of nitrogens with zero attached hydrogens (tertiary/aromatic N) is 6. The van der Waals surface area contributed by atoms with Crippen LogP contribution in [0, 0.1) is 0 Å². The molecule has 0 saturated carbocycles. The third-order valence-electron chi connectivity index (χ3n) is 6.80. The first-order chi connectivity index (χ1) is 19.5. The highest BCUT2D eigenvalue weighted by Gasteiger charge is 2.47. The lowest BCUT2D eigenvalue weighted by Gasteiger charge is -2.21. The molecule has 2 saturated heterocycles. The van der Waals surface area contributed by atoms with Crippen LogP contribution in [0.2, 0.25) is 0 Å². The summed E-state index contributed by atoms with van der Waals surface area (Å²) in [5, 5.41) is 61.3. The number of hydrogen-bond acceptors (Lipinski definition) is 17. The first-order valence-electron chi connectivity index (χ1n) is 12.0. The van der Waals surface area contributed by atoms with E-state index in [1.807, 2.05) is 0 Å². The summed E-state index contributed by atoms with van der Waals surface area (Å²) in [5.41, 5.74) is 8.58. The molecule has 0 unspecified atom stereocenters. The summed E-state index contributed by atoms with van der Waals surface area (Å²) in [4.78, 5) is 46.1. The maximum absolute atomic E-state index is 12.7. The van der Waals surface area contributed by atoms with Crippen LogP contribution in [0.1, 0.15) is 12.5 Å². The molecule has 0 bridgehead atoms. The molecule has 2 fully saturated rings. The third-order valence-corrected chi connectivity index (χ3v) is 6.80. The SMILES string of the molecule is Nc1nc2c(nc(Oc3nc4c(=O)[nH]c(N)nc4n3[C@@H]3O[C@H](CO)[C@@H](O)[C@H]3O)n2[C@@H]2O[C@H](CO)[C@@H](O)[C@H]2O)c(=O)[nH]1. The van der Waals surface area contributed by atoms with E-state index in [9.17, 15) is 40.2 Å². The number of aliphatic hydroxyl groups excluding tert-OH is 6. The first-order valence-corrected chi connectivity index (χ1v) is 12.0. The molecule has 0 radical (unpaired) electrons. The molecule has 2 aliphatic heterocycles. The quantitative estimate of drug-likeness (QED) is 0.102. The standard InChI is InChI=1S/C20H24N10O11/c21-17-25-11-5(13(37)27-17)23-19(29(11)15-9(35)7(33)3(1-31)39-15)41-20-24-6-12(26-18(22)28-14(6)38)30(20)16-10(36)8(34)4(2-32)40-16/h3-4,7-10,15-16,31-36H,1-2H2,(H3,21,25,27,37)(H3,22,26,28,38)/t3-,4-,7-,8-,9-,10-,15-,16-/m1/s1. The summed E-state index contributed by atoms with van der Waals surface area (Å²) in [6.45, 7) is -1.35. The zero-order chi connectivity index (χ0) is 29.3. The number of imidazole rings is 2. The number of rotatable bonds is 6. The van der Waals surface area contributed by atoms with Crippen molar-refractivity contribution in [2.24, 2.45) is 0 Å². The van der Waals surface area contributed by atoms with Crippen molar-refractivity contribution in [3.05, 3.63) is 20.7 Å². The number of aromatic amines is 2. The third kappa shape index (κ3) is 4.10. The van der Waals surface area contributed by atoms with Crippen molar-refractivity contribution in [2.75, 3.05) is 24.7 Å². The fourth-order valence-electron chi connectivity index (χ4n) is 4.83. The largest absolute Gasteiger partial charge is 0.394 e. The minimum Gasteiger partial charge on any atom is -0.394 e. The van der Waals surface area contributed by atoms with Gasteiger partial charge in [-0.1, -0.05) is 0 Å². The van der Waals surface area contributed by atoms with Crippen molar-refractivity contribution >= 4 is 34.2 Å². The molecule has 4 aromatic heterocycles. The van der Waals surface area contributed by atoms with Gasteiger partial charge in [0.2, 0.25) is 11.9 Å².